The molecule has 14 heavy (non-hydrogen) atoms. The van der Waals surface area contributed by atoms with Gasteiger partial charge in [0.25, 0.3) is 0 Å². The second-order valence-corrected chi connectivity index (χ2v) is 6.01. The molecular weight excluding hydrogens is 291 g/mol. The Labute approximate surface area is 98.2 Å². The summed E-state index contributed by atoms with van der Waals surface area (Å²) in [6.07, 6.45) is 5.25. The lowest BCUT2D eigenvalue weighted by molar-refractivity contribution is -0.117. The molecule has 2 heterocycles. The van der Waals surface area contributed by atoms with E-state index in [1.165, 1.54) is 10.0 Å². The van der Waals surface area contributed by atoms with Crippen LogP contribution in [0.1, 0.15) is 19.8 Å². The Morgan fingerprint density at radius 2 is 2.36 bits per heavy atom. The van der Waals surface area contributed by atoms with E-state index < -0.39 is 0 Å². The molecule has 78 valence electrons. The minimum atomic E-state index is 0.114. The van der Waals surface area contributed by atoms with Crippen molar-refractivity contribution in [2.24, 2.45) is 17.8 Å². The van der Waals surface area contributed by atoms with Gasteiger partial charge in [-0.1, -0.05) is 13.0 Å². The SMILES string of the molecule is C[C@@H]1C=C(I)C[C@@H]2O[C@H]3OCC[C@H]3[C@@H]12. The molecule has 2 nitrogen and oxygen atoms in total. The fourth-order valence-electron chi connectivity index (χ4n) is 3.20. The van der Waals surface area contributed by atoms with Crippen LogP contribution in [0.3, 0.4) is 0 Å². The van der Waals surface area contributed by atoms with Crippen LogP contribution in [0.15, 0.2) is 9.66 Å². The standard InChI is InChI=1S/C11H15IO2/c1-6-4-7(12)5-9-10(6)8-2-3-13-11(8)14-9/h4,6,8-11H,2-3,5H2,1H3/t6-,8+,9+,10-,11-/m1/s1. The van der Waals surface area contributed by atoms with Crippen molar-refractivity contribution in [1.29, 1.82) is 0 Å². The molecule has 0 bridgehead atoms. The zero-order valence-electron chi connectivity index (χ0n) is 8.28. The van der Waals surface area contributed by atoms with E-state index >= 15 is 0 Å². The van der Waals surface area contributed by atoms with Crippen molar-refractivity contribution in [3.63, 3.8) is 0 Å². The van der Waals surface area contributed by atoms with E-state index in [1.807, 2.05) is 0 Å². The Morgan fingerprint density at radius 1 is 1.50 bits per heavy atom. The smallest absolute Gasteiger partial charge is 0.161 e. The summed E-state index contributed by atoms with van der Waals surface area (Å²) in [7, 11) is 0. The van der Waals surface area contributed by atoms with Gasteiger partial charge < -0.3 is 9.47 Å². The van der Waals surface area contributed by atoms with Gasteiger partial charge in [-0.2, -0.15) is 0 Å². The molecule has 0 aromatic heterocycles. The monoisotopic (exact) mass is 306 g/mol. The molecular formula is C11H15IO2. The zero-order chi connectivity index (χ0) is 9.71. The molecule has 0 unspecified atom stereocenters. The molecule has 2 saturated heterocycles. The molecule has 2 aliphatic heterocycles. The van der Waals surface area contributed by atoms with Gasteiger partial charge in [-0.3, -0.25) is 0 Å². The van der Waals surface area contributed by atoms with E-state index in [1.54, 1.807) is 0 Å². The van der Waals surface area contributed by atoms with Gasteiger partial charge in [0.15, 0.2) is 6.29 Å². The van der Waals surface area contributed by atoms with Gasteiger partial charge in [0.1, 0.15) is 0 Å². The number of hydrogen-bond acceptors (Lipinski definition) is 2. The largest absolute Gasteiger partial charge is 0.352 e. The van der Waals surface area contributed by atoms with Gasteiger partial charge in [0.2, 0.25) is 0 Å². The van der Waals surface area contributed by atoms with Crippen molar-refractivity contribution in [1.82, 2.24) is 0 Å². The van der Waals surface area contributed by atoms with Crippen LogP contribution in [0.5, 0.6) is 0 Å². The van der Waals surface area contributed by atoms with Crippen molar-refractivity contribution in [2.75, 3.05) is 6.61 Å². The van der Waals surface area contributed by atoms with E-state index in [2.05, 4.69) is 35.6 Å². The van der Waals surface area contributed by atoms with Crippen LogP contribution < -0.4 is 0 Å². The first kappa shape index (κ1) is 9.60. The predicted octanol–water partition coefficient (Wildman–Crippen LogP) is 2.72. The molecule has 0 saturated carbocycles. The molecule has 0 N–H and O–H groups in total. The Balaban J connectivity index is 1.87. The molecule has 0 radical (unpaired) electrons. The first-order valence-corrected chi connectivity index (χ1v) is 6.47. The Hall–Kier alpha value is 0.390. The Kier molecular flexibility index (Phi) is 2.37. The molecule has 1 aliphatic carbocycles. The van der Waals surface area contributed by atoms with E-state index in [4.69, 9.17) is 9.47 Å². The molecule has 3 rings (SSSR count). The van der Waals surface area contributed by atoms with Gasteiger partial charge in [-0.25, -0.2) is 0 Å². The van der Waals surface area contributed by atoms with Crippen LogP contribution in [0.4, 0.5) is 0 Å². The maximum atomic E-state index is 5.96. The van der Waals surface area contributed by atoms with Gasteiger partial charge in [-0.05, 0) is 44.4 Å². The maximum absolute atomic E-state index is 5.96. The predicted molar refractivity (Wildman–Crippen MR) is 62.1 cm³/mol. The normalized spacial score (nSPS) is 51.3. The molecule has 0 spiro atoms. The number of ether oxygens (including phenoxy) is 2. The van der Waals surface area contributed by atoms with Crippen LogP contribution >= 0.6 is 22.6 Å². The topological polar surface area (TPSA) is 18.5 Å². The lowest BCUT2D eigenvalue weighted by Gasteiger charge is -2.30. The van der Waals surface area contributed by atoms with Gasteiger partial charge in [0.05, 0.1) is 12.7 Å². The second-order valence-electron chi connectivity index (χ2n) is 4.62. The van der Waals surface area contributed by atoms with Crippen molar-refractivity contribution in [3.05, 3.63) is 9.66 Å². The van der Waals surface area contributed by atoms with Crippen LogP contribution in [0, 0.1) is 17.8 Å². The summed E-state index contributed by atoms with van der Waals surface area (Å²) >= 11 is 2.43. The summed E-state index contributed by atoms with van der Waals surface area (Å²) in [4.78, 5) is 0. The molecule has 0 amide bonds. The number of hydrogen-bond donors (Lipinski definition) is 0. The van der Waals surface area contributed by atoms with Gasteiger partial charge in [0, 0.05) is 12.3 Å². The first-order valence-electron chi connectivity index (χ1n) is 5.39. The van der Waals surface area contributed by atoms with Crippen LogP contribution in [-0.2, 0) is 9.47 Å². The Bertz CT molecular complexity index is 276. The fourth-order valence-corrected chi connectivity index (χ4v) is 4.20. The lowest BCUT2D eigenvalue weighted by Crippen LogP contribution is -2.29. The summed E-state index contributed by atoms with van der Waals surface area (Å²) in [6.45, 7) is 3.21. The molecule has 0 aromatic rings. The summed E-state index contributed by atoms with van der Waals surface area (Å²) < 4.78 is 13.0. The van der Waals surface area contributed by atoms with Crippen molar-refractivity contribution in [3.8, 4) is 0 Å². The summed E-state index contributed by atoms with van der Waals surface area (Å²) in [6, 6.07) is 0. The highest BCUT2D eigenvalue weighted by Gasteiger charge is 2.50. The highest BCUT2D eigenvalue weighted by Crippen LogP contribution is 2.48. The summed E-state index contributed by atoms with van der Waals surface area (Å²) in [5.41, 5.74) is 0. The third kappa shape index (κ3) is 1.36. The van der Waals surface area contributed by atoms with Gasteiger partial charge >= 0.3 is 0 Å². The van der Waals surface area contributed by atoms with Crippen LogP contribution in [0.2, 0.25) is 0 Å². The average molecular weight is 306 g/mol. The lowest BCUT2D eigenvalue weighted by atomic mass is 9.76. The van der Waals surface area contributed by atoms with E-state index in [0.29, 0.717) is 23.9 Å². The maximum Gasteiger partial charge on any atom is 0.161 e. The van der Waals surface area contributed by atoms with E-state index in [0.717, 1.165) is 13.0 Å². The highest BCUT2D eigenvalue weighted by molar-refractivity contribution is 14.1. The van der Waals surface area contributed by atoms with Crippen LogP contribution in [0.25, 0.3) is 0 Å². The second kappa shape index (κ2) is 3.46. The number of halogens is 1. The van der Waals surface area contributed by atoms with Crippen molar-refractivity contribution < 1.29 is 9.47 Å². The van der Waals surface area contributed by atoms with Crippen molar-refractivity contribution >= 4 is 22.6 Å². The molecule has 3 aliphatic rings. The fraction of sp³-hybridized carbons (Fsp3) is 0.818. The zero-order valence-corrected chi connectivity index (χ0v) is 10.4. The number of fused-ring (bicyclic) bond motifs is 3. The molecule has 3 heteroatoms. The molecule has 2 fully saturated rings. The number of rotatable bonds is 0. The van der Waals surface area contributed by atoms with Crippen LogP contribution in [-0.4, -0.2) is 19.0 Å². The quantitative estimate of drug-likeness (QED) is 0.641. The van der Waals surface area contributed by atoms with Gasteiger partial charge in [-0.15, -0.1) is 0 Å². The average Bonchev–Trinajstić information content (AvgIpc) is 2.60. The highest BCUT2D eigenvalue weighted by atomic mass is 127. The third-order valence-electron chi connectivity index (χ3n) is 3.76. The van der Waals surface area contributed by atoms with E-state index in [9.17, 15) is 0 Å². The molecule has 0 aromatic carbocycles. The minimum absolute atomic E-state index is 0.114. The molecule has 5 atom stereocenters. The number of allylic oxidation sites excluding steroid dienone is 1. The third-order valence-corrected chi connectivity index (χ3v) is 4.56. The first-order chi connectivity index (χ1) is 6.75. The Morgan fingerprint density at radius 3 is 3.21 bits per heavy atom. The van der Waals surface area contributed by atoms with E-state index in [-0.39, 0.29) is 6.29 Å². The minimum Gasteiger partial charge on any atom is -0.352 e. The van der Waals surface area contributed by atoms with Crippen molar-refractivity contribution in [2.45, 2.75) is 32.2 Å². The summed E-state index contributed by atoms with van der Waals surface area (Å²) in [5, 5.41) is 0. The summed E-state index contributed by atoms with van der Waals surface area (Å²) in [5.74, 6) is 2.04.